The van der Waals surface area contributed by atoms with Crippen molar-refractivity contribution in [1.82, 2.24) is 34.9 Å². The summed E-state index contributed by atoms with van der Waals surface area (Å²) in [5.41, 5.74) is 28.4. The van der Waals surface area contributed by atoms with Crippen LogP contribution in [0.15, 0.2) is 401 Å². The Morgan fingerprint density at radius 1 is 0.220 bits per heavy atom. The predicted molar refractivity (Wildman–Crippen MR) is 470 cm³/mol. The Bertz CT molecular complexity index is 5830. The number of hydrogen-bond acceptors (Lipinski definition) is 7. The van der Waals surface area contributed by atoms with Gasteiger partial charge in [0.2, 0.25) is 0 Å². The van der Waals surface area contributed by atoms with Crippen molar-refractivity contribution in [1.29, 1.82) is 0 Å². The molecule has 0 spiro atoms. The van der Waals surface area contributed by atoms with E-state index in [2.05, 4.69) is 172 Å². The quantitative estimate of drug-likeness (QED) is 0.119. The molecule has 11 aromatic carbocycles. The summed E-state index contributed by atoms with van der Waals surface area (Å²) < 4.78 is 39.4. The van der Waals surface area contributed by atoms with Crippen LogP contribution in [-0.2, 0) is 80.4 Å². The number of nitrogens with zero attached hydrogens (tertiary/aromatic N) is 7. The van der Waals surface area contributed by atoms with Crippen molar-refractivity contribution in [3.63, 3.8) is 0 Å². The van der Waals surface area contributed by atoms with Gasteiger partial charge in [-0.1, -0.05) is 181 Å². The van der Waals surface area contributed by atoms with E-state index < -0.39 is 6.04 Å². The minimum atomic E-state index is -0.394. The minimum Gasteiger partial charge on any atom is -0.305 e. The van der Waals surface area contributed by atoms with Gasteiger partial charge < -0.3 is 34.9 Å². The van der Waals surface area contributed by atoms with Crippen LogP contribution in [0.25, 0.3) is 123 Å². The van der Waals surface area contributed by atoms with E-state index in [1.807, 2.05) is 300 Å². The molecule has 7 heterocycles. The maximum absolute atomic E-state index is 8.08. The number of aromatic nitrogens is 7. The van der Waals surface area contributed by atoms with Gasteiger partial charge >= 0.3 is 0 Å². The Morgan fingerprint density at radius 3 is 0.797 bits per heavy atom. The molecule has 0 aliphatic carbocycles. The Kier molecular flexibility index (Phi) is 35.0. The first-order chi connectivity index (χ1) is 58.1. The van der Waals surface area contributed by atoms with Crippen molar-refractivity contribution in [3.8, 4) is 123 Å². The second-order valence-corrected chi connectivity index (χ2v) is 26.2. The molecule has 0 unspecified atom stereocenters. The van der Waals surface area contributed by atoms with Gasteiger partial charge in [0.25, 0.3) is 0 Å². The van der Waals surface area contributed by atoms with Crippen LogP contribution in [0, 0.1) is 84.0 Å². The SMILES string of the molecule is Cc1cc(-c2[c-]cccc2)ncc1-c1ccccc1.Cc1cc(-c2[c-]cccc2)ncc1-c1ccccc1.Cc1cc(-c2[c-]cccc2)ncc1-c1ccccc1.Cc1ccc(-c2[c-]cccc2)nc1.Cc1cccnc1-c1[c-]cccc1.[2H]c1c([2H])c([2H])c(-c2cnc(-c3[c-]cccc3)cc2C)c([2H])c1[2H].[Ir].[Ir].[Ir].[Ir].[c-]1ccccc1-c1ccccn1. The van der Waals surface area contributed by atoms with Crippen molar-refractivity contribution in [2.45, 2.75) is 41.5 Å². The fourth-order valence-corrected chi connectivity index (χ4v) is 12.0. The molecular weight excluding hydrogens is 2150 g/mol. The predicted octanol–water partition coefficient (Wildman–Crippen LogP) is 26.4. The topological polar surface area (TPSA) is 90.2 Å². The Morgan fingerprint density at radius 2 is 0.508 bits per heavy atom. The maximum Gasteiger partial charge on any atom is 0.0629 e. The largest absolute Gasteiger partial charge is 0.305 e. The Labute approximate surface area is 757 Å². The summed E-state index contributed by atoms with van der Waals surface area (Å²) in [6.07, 6.45) is 12.9. The smallest absolute Gasteiger partial charge is 0.0629 e. The normalized spacial score (nSPS) is 10.4. The van der Waals surface area contributed by atoms with Crippen LogP contribution in [-0.4, -0.2) is 34.9 Å². The first-order valence-electron chi connectivity index (χ1n) is 39.8. The average Bonchev–Trinajstić information content (AvgIpc) is 0.769. The van der Waals surface area contributed by atoms with E-state index in [1.54, 1.807) is 18.5 Å². The van der Waals surface area contributed by atoms with Crippen molar-refractivity contribution < 1.29 is 87.3 Å². The minimum absolute atomic E-state index is 0. The molecule has 7 nitrogen and oxygen atoms in total. The van der Waals surface area contributed by atoms with E-state index in [1.165, 1.54) is 61.2 Å². The molecule has 11 heteroatoms. The third kappa shape index (κ3) is 27.3. The zero-order valence-electron chi connectivity index (χ0n) is 70.7. The molecule has 18 aromatic rings. The zero-order chi connectivity index (χ0) is 83.1. The van der Waals surface area contributed by atoms with E-state index in [-0.39, 0.29) is 110 Å². The van der Waals surface area contributed by atoms with Gasteiger partial charge in [0, 0.05) is 146 Å². The molecular formula is C107H84Ir4N7-7. The summed E-state index contributed by atoms with van der Waals surface area (Å²) in [5, 5.41) is 0. The molecule has 0 N–H and O–H groups in total. The van der Waals surface area contributed by atoms with Crippen LogP contribution in [0.1, 0.15) is 40.2 Å². The summed E-state index contributed by atoms with van der Waals surface area (Å²) in [6, 6.07) is 129. The molecule has 0 aliphatic heterocycles. The molecule has 0 saturated carbocycles. The molecule has 0 aliphatic rings. The van der Waals surface area contributed by atoms with Gasteiger partial charge in [0.15, 0.2) is 0 Å². The molecule has 118 heavy (non-hydrogen) atoms. The van der Waals surface area contributed by atoms with Crippen molar-refractivity contribution in [2.75, 3.05) is 0 Å². The van der Waals surface area contributed by atoms with Gasteiger partial charge in [-0.25, -0.2) is 0 Å². The molecule has 18 rings (SSSR count). The Balaban J connectivity index is 0.000000179. The molecule has 0 bridgehead atoms. The zero-order valence-corrected chi connectivity index (χ0v) is 75.3. The first kappa shape index (κ1) is 84.0. The number of aryl methyl sites for hydroxylation is 6. The number of benzene rings is 11. The maximum atomic E-state index is 8.08. The van der Waals surface area contributed by atoms with E-state index in [0.717, 1.165) is 84.4 Å². The second kappa shape index (κ2) is 49.2. The van der Waals surface area contributed by atoms with Crippen LogP contribution in [0.4, 0.5) is 0 Å². The number of pyridine rings is 7. The van der Waals surface area contributed by atoms with E-state index in [0.29, 0.717) is 5.56 Å². The van der Waals surface area contributed by atoms with Crippen LogP contribution in [0.3, 0.4) is 0 Å². The summed E-state index contributed by atoms with van der Waals surface area (Å²) in [4.78, 5) is 30.9. The van der Waals surface area contributed by atoms with Crippen LogP contribution < -0.4 is 0 Å². The monoisotopic (exact) mass is 2240 g/mol. The van der Waals surface area contributed by atoms with Crippen LogP contribution in [0.5, 0.6) is 0 Å². The fraction of sp³-hybridized carbons (Fsp3) is 0.0561. The van der Waals surface area contributed by atoms with Gasteiger partial charge in [-0.3, -0.25) is 0 Å². The summed E-state index contributed by atoms with van der Waals surface area (Å²) in [6.45, 7) is 12.3. The third-order valence-corrected chi connectivity index (χ3v) is 17.9. The van der Waals surface area contributed by atoms with E-state index in [4.69, 9.17) is 6.85 Å². The number of rotatable bonds is 11. The van der Waals surface area contributed by atoms with Gasteiger partial charge in [-0.2, -0.15) is 0 Å². The molecule has 0 amide bonds. The third-order valence-electron chi connectivity index (χ3n) is 17.9. The first-order valence-corrected chi connectivity index (χ1v) is 37.3. The molecule has 0 atom stereocenters. The molecule has 4 radical (unpaired) electrons. The van der Waals surface area contributed by atoms with E-state index >= 15 is 0 Å². The van der Waals surface area contributed by atoms with Crippen molar-refractivity contribution in [2.24, 2.45) is 0 Å². The number of hydrogen-bond donors (Lipinski definition) is 0. The van der Waals surface area contributed by atoms with Gasteiger partial charge in [0.05, 0.1) is 6.85 Å². The van der Waals surface area contributed by atoms with E-state index in [9.17, 15) is 0 Å². The summed E-state index contributed by atoms with van der Waals surface area (Å²) in [5.74, 6) is 0. The van der Waals surface area contributed by atoms with Crippen molar-refractivity contribution in [3.05, 3.63) is 477 Å². The van der Waals surface area contributed by atoms with Crippen molar-refractivity contribution >= 4 is 0 Å². The second-order valence-electron chi connectivity index (χ2n) is 26.2. The fourth-order valence-electron chi connectivity index (χ4n) is 12.0. The molecule has 0 fully saturated rings. The summed E-state index contributed by atoms with van der Waals surface area (Å²) >= 11 is 0. The van der Waals surface area contributed by atoms with Gasteiger partial charge in [0.1, 0.15) is 0 Å². The van der Waals surface area contributed by atoms with Crippen LogP contribution >= 0.6 is 0 Å². The standard InChI is InChI=1S/4C18H14N.2C12H10N.C11H8N.4Ir/c4*1-14-12-18(16-10-6-3-7-11-16)19-13-17(14)15-8-4-2-5-9-15;1-10-6-5-9-13-12(10)11-7-3-2-4-8-11;1-10-7-8-12(13-9-10)11-5-3-2-4-6-11;1-2-6-10(7-3-1)11-8-4-5-9-12-11;;;;/h4*2-10,12-13H,1H3;2-7,9H,1H3;2-5,7-9H,1H3;1-6,8-9H;;;;/q7*-1;;;;/i2D,4D,5D,8D,9D;;;;;;;;;;. The van der Waals surface area contributed by atoms with Crippen LogP contribution in [0.2, 0.25) is 0 Å². The molecule has 0 saturated heterocycles. The van der Waals surface area contributed by atoms with Gasteiger partial charge in [-0.05, 0) is 144 Å². The Hall–Kier alpha value is -11.9. The summed E-state index contributed by atoms with van der Waals surface area (Å²) in [7, 11) is 0. The molecule has 7 aromatic heterocycles. The van der Waals surface area contributed by atoms with Gasteiger partial charge in [-0.15, -0.1) is 251 Å². The molecule has 590 valence electrons. The average molecular weight is 2240 g/mol.